The molecule has 0 fully saturated rings. The number of carbonyl (C=O) groups excluding carboxylic acids is 2. The van der Waals surface area contributed by atoms with Crippen molar-refractivity contribution in [1.29, 1.82) is 0 Å². The highest BCUT2D eigenvalue weighted by atomic mass is 16.5. The Balaban J connectivity index is 1.75. The quantitative estimate of drug-likeness (QED) is 0.215. The molecule has 0 atom stereocenters. The number of esters is 1. The summed E-state index contributed by atoms with van der Waals surface area (Å²) in [6.07, 6.45) is 0.367. The van der Waals surface area contributed by atoms with Crippen LogP contribution in [0.1, 0.15) is 37.6 Å². The number of fused-ring (bicyclic) bond motifs is 1. The highest BCUT2D eigenvalue weighted by Crippen LogP contribution is 2.36. The lowest BCUT2D eigenvalue weighted by atomic mass is 9.94. The Morgan fingerprint density at radius 1 is 0.735 bits per heavy atom. The van der Waals surface area contributed by atoms with Crippen LogP contribution in [-0.4, -0.2) is 18.9 Å². The molecule has 0 N–H and O–H groups in total. The van der Waals surface area contributed by atoms with E-state index in [-0.39, 0.29) is 16.9 Å². The van der Waals surface area contributed by atoms with Crippen molar-refractivity contribution in [2.45, 2.75) is 6.42 Å². The third kappa shape index (κ3) is 4.02. The average molecular weight is 447 g/mol. The molecule has 4 aromatic carbocycles. The van der Waals surface area contributed by atoms with Gasteiger partial charge in [-0.2, -0.15) is 0 Å². The Labute approximate surface area is 197 Å². The van der Waals surface area contributed by atoms with Crippen LogP contribution in [0.25, 0.3) is 22.1 Å². The van der Waals surface area contributed by atoms with Crippen molar-refractivity contribution in [2.24, 2.45) is 0 Å². The summed E-state index contributed by atoms with van der Waals surface area (Å²) in [6.45, 7) is 0. The largest absolute Gasteiger partial charge is 0.465 e. The number of benzene rings is 4. The number of ether oxygens (including phenoxy) is 1. The van der Waals surface area contributed by atoms with Crippen LogP contribution in [0.3, 0.4) is 0 Å². The van der Waals surface area contributed by atoms with Crippen LogP contribution in [-0.2, 0) is 11.2 Å². The van der Waals surface area contributed by atoms with Gasteiger partial charge in [-0.25, -0.2) is 4.79 Å². The average Bonchev–Trinajstić information content (AvgIpc) is 3.27. The Hall–Kier alpha value is -4.44. The number of carbonyl (C=O) groups is 2. The summed E-state index contributed by atoms with van der Waals surface area (Å²) in [4.78, 5) is 26.7. The molecule has 4 nitrogen and oxygen atoms in total. The SMILES string of the molecule is COC(=O)c1c(-c2ccc3ccccc3c2)oc(Cc2ccccc2)c1C(=O)c1ccccc1. The van der Waals surface area contributed by atoms with Gasteiger partial charge in [0, 0.05) is 17.5 Å². The van der Waals surface area contributed by atoms with E-state index in [4.69, 9.17) is 9.15 Å². The van der Waals surface area contributed by atoms with Gasteiger partial charge in [-0.1, -0.05) is 97.1 Å². The van der Waals surface area contributed by atoms with Gasteiger partial charge in [0.25, 0.3) is 0 Å². The number of hydrogen-bond donors (Lipinski definition) is 0. The first-order chi connectivity index (χ1) is 16.7. The van der Waals surface area contributed by atoms with Gasteiger partial charge in [0.05, 0.1) is 12.7 Å². The van der Waals surface area contributed by atoms with Gasteiger partial charge in [0.1, 0.15) is 17.1 Å². The predicted octanol–water partition coefficient (Wildman–Crippen LogP) is 6.71. The van der Waals surface area contributed by atoms with Crippen LogP contribution in [0.15, 0.2) is 108 Å². The molecule has 0 saturated carbocycles. The highest BCUT2D eigenvalue weighted by molar-refractivity contribution is 6.17. The molecule has 4 heteroatoms. The van der Waals surface area contributed by atoms with Crippen molar-refractivity contribution in [1.82, 2.24) is 0 Å². The predicted molar refractivity (Wildman–Crippen MR) is 132 cm³/mol. The van der Waals surface area contributed by atoms with Gasteiger partial charge >= 0.3 is 5.97 Å². The Bertz CT molecular complexity index is 1480. The molecule has 0 unspecified atom stereocenters. The third-order valence-corrected chi connectivity index (χ3v) is 5.85. The third-order valence-electron chi connectivity index (χ3n) is 5.85. The van der Waals surface area contributed by atoms with Crippen LogP contribution in [0.2, 0.25) is 0 Å². The summed E-state index contributed by atoms with van der Waals surface area (Å²) in [5.74, 6) is -0.111. The molecule has 0 bridgehead atoms. The molecule has 0 radical (unpaired) electrons. The molecule has 5 rings (SSSR count). The molecule has 1 aromatic heterocycles. The van der Waals surface area contributed by atoms with E-state index in [1.165, 1.54) is 7.11 Å². The van der Waals surface area contributed by atoms with Crippen molar-refractivity contribution in [2.75, 3.05) is 7.11 Å². The summed E-state index contributed by atoms with van der Waals surface area (Å²) < 4.78 is 11.5. The number of rotatable bonds is 6. The fourth-order valence-corrected chi connectivity index (χ4v) is 4.19. The summed E-state index contributed by atoms with van der Waals surface area (Å²) in [7, 11) is 1.31. The molecule has 0 aliphatic carbocycles. The van der Waals surface area contributed by atoms with Crippen LogP contribution in [0.5, 0.6) is 0 Å². The fraction of sp³-hybridized carbons (Fsp3) is 0.0667. The Morgan fingerprint density at radius 3 is 2.09 bits per heavy atom. The van der Waals surface area contributed by atoms with E-state index in [0.717, 1.165) is 16.3 Å². The summed E-state index contributed by atoms with van der Waals surface area (Å²) in [6, 6.07) is 32.4. The first kappa shape index (κ1) is 21.4. The second-order valence-electron chi connectivity index (χ2n) is 8.02. The van der Waals surface area contributed by atoms with Gasteiger partial charge in [-0.05, 0) is 22.4 Å². The molecule has 166 valence electrons. The van der Waals surface area contributed by atoms with E-state index < -0.39 is 5.97 Å². The van der Waals surface area contributed by atoms with E-state index in [1.807, 2.05) is 78.9 Å². The minimum Gasteiger partial charge on any atom is -0.465 e. The zero-order valence-electron chi connectivity index (χ0n) is 18.7. The van der Waals surface area contributed by atoms with Crippen molar-refractivity contribution in [3.8, 4) is 11.3 Å². The molecular formula is C30H22O4. The molecule has 0 saturated heterocycles. The van der Waals surface area contributed by atoms with Gasteiger partial charge in [0.15, 0.2) is 5.78 Å². The number of ketones is 1. The molecule has 0 aliphatic rings. The molecule has 0 aliphatic heterocycles. The first-order valence-corrected chi connectivity index (χ1v) is 11.0. The van der Waals surface area contributed by atoms with E-state index in [9.17, 15) is 9.59 Å². The van der Waals surface area contributed by atoms with Crippen LogP contribution in [0.4, 0.5) is 0 Å². The van der Waals surface area contributed by atoms with E-state index in [0.29, 0.717) is 29.1 Å². The Morgan fingerprint density at radius 2 is 1.38 bits per heavy atom. The topological polar surface area (TPSA) is 56.5 Å². The smallest absolute Gasteiger partial charge is 0.342 e. The van der Waals surface area contributed by atoms with Crippen molar-refractivity contribution in [3.05, 3.63) is 131 Å². The lowest BCUT2D eigenvalue weighted by Crippen LogP contribution is -2.12. The monoisotopic (exact) mass is 446 g/mol. The van der Waals surface area contributed by atoms with Crippen LogP contribution in [0, 0.1) is 0 Å². The molecule has 34 heavy (non-hydrogen) atoms. The van der Waals surface area contributed by atoms with Crippen molar-refractivity contribution < 1.29 is 18.7 Å². The lowest BCUT2D eigenvalue weighted by molar-refractivity contribution is 0.0598. The molecule has 1 heterocycles. The van der Waals surface area contributed by atoms with Crippen molar-refractivity contribution in [3.63, 3.8) is 0 Å². The first-order valence-electron chi connectivity index (χ1n) is 11.0. The van der Waals surface area contributed by atoms with Gasteiger partial charge < -0.3 is 9.15 Å². The maximum absolute atomic E-state index is 13.7. The molecule has 0 spiro atoms. The van der Waals surface area contributed by atoms with E-state index in [1.54, 1.807) is 24.3 Å². The van der Waals surface area contributed by atoms with Crippen LogP contribution < -0.4 is 0 Å². The number of hydrogen-bond acceptors (Lipinski definition) is 4. The van der Waals surface area contributed by atoms with Gasteiger partial charge in [-0.3, -0.25) is 4.79 Å². The fourth-order valence-electron chi connectivity index (χ4n) is 4.19. The Kier molecular flexibility index (Phi) is 5.79. The summed E-state index contributed by atoms with van der Waals surface area (Å²) in [5.41, 5.74) is 2.55. The van der Waals surface area contributed by atoms with E-state index in [2.05, 4.69) is 0 Å². The minimum absolute atomic E-state index is 0.151. The standard InChI is InChI=1S/C30H22O4/c1-33-30(32)27-26(28(31)22-13-6-3-7-14-22)25(18-20-10-4-2-5-11-20)34-29(27)24-17-16-21-12-8-9-15-23(21)19-24/h2-17,19H,18H2,1H3. The van der Waals surface area contributed by atoms with Gasteiger partial charge in [-0.15, -0.1) is 0 Å². The maximum Gasteiger partial charge on any atom is 0.342 e. The summed E-state index contributed by atoms with van der Waals surface area (Å²) in [5, 5.41) is 2.08. The molecule has 5 aromatic rings. The van der Waals surface area contributed by atoms with E-state index >= 15 is 0 Å². The highest BCUT2D eigenvalue weighted by Gasteiger charge is 2.32. The van der Waals surface area contributed by atoms with Gasteiger partial charge in [0.2, 0.25) is 0 Å². The summed E-state index contributed by atoms with van der Waals surface area (Å²) >= 11 is 0. The second kappa shape index (κ2) is 9.20. The number of furan rings is 1. The number of methoxy groups -OCH3 is 1. The van der Waals surface area contributed by atoms with Crippen molar-refractivity contribution >= 4 is 22.5 Å². The van der Waals surface area contributed by atoms with Crippen LogP contribution >= 0.6 is 0 Å². The molecule has 0 amide bonds. The lowest BCUT2D eigenvalue weighted by Gasteiger charge is -2.06. The normalized spacial score (nSPS) is 10.9. The maximum atomic E-state index is 13.7. The molecular weight excluding hydrogens is 424 g/mol. The zero-order valence-corrected chi connectivity index (χ0v) is 18.7. The zero-order chi connectivity index (χ0) is 23.5. The second-order valence-corrected chi connectivity index (χ2v) is 8.02. The minimum atomic E-state index is -0.606.